The van der Waals surface area contributed by atoms with Crippen molar-refractivity contribution in [3.05, 3.63) is 11.4 Å². The zero-order valence-corrected chi connectivity index (χ0v) is 9.01. The Morgan fingerprint density at radius 1 is 1.36 bits per heavy atom. The molecule has 3 heteroatoms. The van der Waals surface area contributed by atoms with Gasteiger partial charge in [0.15, 0.2) is 5.95 Å². The molecule has 78 valence electrons. The van der Waals surface area contributed by atoms with Crippen molar-refractivity contribution >= 4 is 5.95 Å². The lowest BCUT2D eigenvalue weighted by atomic mass is 9.97. The van der Waals surface area contributed by atoms with Crippen LogP contribution in [0.5, 0.6) is 0 Å². The van der Waals surface area contributed by atoms with E-state index in [9.17, 15) is 0 Å². The first kappa shape index (κ1) is 9.56. The van der Waals surface area contributed by atoms with Crippen molar-refractivity contribution in [1.29, 1.82) is 0 Å². The average molecular weight is 193 g/mol. The monoisotopic (exact) mass is 193 g/mol. The number of nitrogens with two attached hydrogens (primary N) is 1. The second kappa shape index (κ2) is 3.64. The van der Waals surface area contributed by atoms with Gasteiger partial charge in [-0.25, -0.2) is 4.98 Å². The molecule has 0 aliphatic heterocycles. The Kier molecular flexibility index (Phi) is 2.48. The summed E-state index contributed by atoms with van der Waals surface area (Å²) in [5.74, 6) is 1.73. The van der Waals surface area contributed by atoms with Crippen LogP contribution in [-0.2, 0) is 0 Å². The summed E-state index contributed by atoms with van der Waals surface area (Å²) >= 11 is 0. The van der Waals surface area contributed by atoms with E-state index in [-0.39, 0.29) is 0 Å². The van der Waals surface area contributed by atoms with E-state index in [4.69, 9.17) is 5.73 Å². The predicted octanol–water partition coefficient (Wildman–Crippen LogP) is 2.77. The van der Waals surface area contributed by atoms with Crippen LogP contribution in [0, 0.1) is 0 Å². The van der Waals surface area contributed by atoms with Crippen LogP contribution in [0.15, 0.2) is 0 Å². The fraction of sp³-hybridized carbons (Fsp3) is 0.727. The van der Waals surface area contributed by atoms with Crippen LogP contribution < -0.4 is 5.73 Å². The van der Waals surface area contributed by atoms with Crippen LogP contribution in [-0.4, -0.2) is 9.97 Å². The number of H-pyrrole nitrogens is 1. The number of nitrogens with one attached hydrogen (secondary N) is 1. The highest BCUT2D eigenvalue weighted by Crippen LogP contribution is 2.36. The summed E-state index contributed by atoms with van der Waals surface area (Å²) in [7, 11) is 0. The third kappa shape index (κ3) is 1.63. The lowest BCUT2D eigenvalue weighted by Gasteiger charge is -2.10. The molecule has 2 rings (SSSR count). The molecule has 1 aromatic rings. The molecule has 0 unspecified atom stereocenters. The summed E-state index contributed by atoms with van der Waals surface area (Å²) in [4.78, 5) is 7.61. The lowest BCUT2D eigenvalue weighted by Crippen LogP contribution is -2.00. The Morgan fingerprint density at radius 2 is 2.00 bits per heavy atom. The summed E-state index contributed by atoms with van der Waals surface area (Å²) < 4.78 is 0. The first-order valence-electron chi connectivity index (χ1n) is 5.53. The molecular formula is C11H19N3. The number of aromatic nitrogens is 2. The summed E-state index contributed by atoms with van der Waals surface area (Å²) in [6, 6.07) is 0. The van der Waals surface area contributed by atoms with Crippen molar-refractivity contribution in [2.24, 2.45) is 0 Å². The Morgan fingerprint density at radius 3 is 2.57 bits per heavy atom. The second-order valence-electron chi connectivity index (χ2n) is 4.56. The molecule has 1 saturated carbocycles. The molecule has 1 fully saturated rings. The van der Waals surface area contributed by atoms with Crippen molar-refractivity contribution in [1.82, 2.24) is 9.97 Å². The first-order chi connectivity index (χ1) is 6.68. The summed E-state index contributed by atoms with van der Waals surface area (Å²) in [5, 5.41) is 0. The molecule has 0 amide bonds. The smallest absolute Gasteiger partial charge is 0.197 e. The van der Waals surface area contributed by atoms with Gasteiger partial charge >= 0.3 is 0 Å². The van der Waals surface area contributed by atoms with E-state index in [2.05, 4.69) is 23.8 Å². The van der Waals surface area contributed by atoms with E-state index < -0.39 is 0 Å². The molecule has 0 atom stereocenters. The van der Waals surface area contributed by atoms with E-state index >= 15 is 0 Å². The standard InChI is InChI=1S/C11H19N3/c1-7(2)9-10(14-11(12)13-9)8-5-3-4-6-8/h7-8H,3-6H2,1-2H3,(H3,12,13,14). The van der Waals surface area contributed by atoms with Crippen LogP contribution in [0.25, 0.3) is 0 Å². The highest BCUT2D eigenvalue weighted by Gasteiger charge is 2.23. The van der Waals surface area contributed by atoms with Crippen LogP contribution in [0.4, 0.5) is 5.95 Å². The minimum Gasteiger partial charge on any atom is -0.369 e. The number of nitrogens with zero attached hydrogens (tertiary/aromatic N) is 1. The minimum absolute atomic E-state index is 0.471. The Balaban J connectivity index is 2.30. The first-order valence-corrected chi connectivity index (χ1v) is 5.53. The van der Waals surface area contributed by atoms with Crippen molar-refractivity contribution in [3.8, 4) is 0 Å². The van der Waals surface area contributed by atoms with E-state index in [0.717, 1.165) is 0 Å². The number of hydrogen-bond acceptors (Lipinski definition) is 2. The van der Waals surface area contributed by atoms with Crippen LogP contribution >= 0.6 is 0 Å². The molecule has 3 nitrogen and oxygen atoms in total. The van der Waals surface area contributed by atoms with Gasteiger partial charge in [-0.3, -0.25) is 0 Å². The molecule has 1 aromatic heterocycles. The molecule has 1 aliphatic rings. The van der Waals surface area contributed by atoms with Crippen LogP contribution in [0.3, 0.4) is 0 Å². The third-order valence-corrected chi connectivity index (χ3v) is 3.09. The van der Waals surface area contributed by atoms with Crippen molar-refractivity contribution in [2.75, 3.05) is 5.73 Å². The van der Waals surface area contributed by atoms with E-state index in [1.807, 2.05) is 0 Å². The van der Waals surface area contributed by atoms with Gasteiger partial charge in [-0.1, -0.05) is 26.7 Å². The topological polar surface area (TPSA) is 54.7 Å². The molecule has 1 aliphatic carbocycles. The Labute approximate surface area is 85.1 Å². The van der Waals surface area contributed by atoms with Gasteiger partial charge in [-0.2, -0.15) is 0 Å². The van der Waals surface area contributed by atoms with Gasteiger partial charge in [-0.15, -0.1) is 0 Å². The minimum atomic E-state index is 0.471. The molecule has 0 spiro atoms. The Bertz CT molecular complexity index is 308. The van der Waals surface area contributed by atoms with E-state index in [1.54, 1.807) is 0 Å². The van der Waals surface area contributed by atoms with Gasteiger partial charge in [0, 0.05) is 11.6 Å². The molecule has 0 radical (unpaired) electrons. The number of anilines is 1. The highest BCUT2D eigenvalue weighted by molar-refractivity contribution is 5.31. The molecule has 1 heterocycles. The molecule has 0 bridgehead atoms. The van der Waals surface area contributed by atoms with E-state index in [1.165, 1.54) is 37.1 Å². The maximum absolute atomic E-state index is 5.72. The molecular weight excluding hydrogens is 174 g/mol. The van der Waals surface area contributed by atoms with Gasteiger partial charge < -0.3 is 10.7 Å². The van der Waals surface area contributed by atoms with Gasteiger partial charge in [0.2, 0.25) is 0 Å². The number of aromatic amines is 1. The van der Waals surface area contributed by atoms with Gasteiger partial charge in [0.05, 0.1) is 5.69 Å². The van der Waals surface area contributed by atoms with Gasteiger partial charge in [0.1, 0.15) is 0 Å². The second-order valence-corrected chi connectivity index (χ2v) is 4.56. The number of hydrogen-bond donors (Lipinski definition) is 2. The van der Waals surface area contributed by atoms with Gasteiger partial charge in [-0.05, 0) is 18.8 Å². The SMILES string of the molecule is CC(C)c1nc(N)[nH]c1C1CCCC1. The number of nitrogen functional groups attached to an aromatic ring is 1. The van der Waals surface area contributed by atoms with Crippen molar-refractivity contribution in [2.45, 2.75) is 51.4 Å². The molecule has 14 heavy (non-hydrogen) atoms. The average Bonchev–Trinajstić information content (AvgIpc) is 2.70. The fourth-order valence-corrected chi connectivity index (χ4v) is 2.39. The number of imidazole rings is 1. The summed E-state index contributed by atoms with van der Waals surface area (Å²) in [5.41, 5.74) is 8.19. The molecule has 0 aromatic carbocycles. The summed E-state index contributed by atoms with van der Waals surface area (Å²) in [6.07, 6.45) is 5.28. The zero-order chi connectivity index (χ0) is 10.1. The maximum Gasteiger partial charge on any atom is 0.197 e. The largest absolute Gasteiger partial charge is 0.369 e. The third-order valence-electron chi connectivity index (χ3n) is 3.09. The van der Waals surface area contributed by atoms with Crippen molar-refractivity contribution in [3.63, 3.8) is 0 Å². The fourth-order valence-electron chi connectivity index (χ4n) is 2.39. The normalized spacial score (nSPS) is 18.2. The zero-order valence-electron chi connectivity index (χ0n) is 9.01. The molecule has 0 saturated heterocycles. The van der Waals surface area contributed by atoms with Gasteiger partial charge in [0.25, 0.3) is 0 Å². The Hall–Kier alpha value is -0.990. The lowest BCUT2D eigenvalue weighted by molar-refractivity contribution is 0.676. The molecule has 3 N–H and O–H groups in total. The highest BCUT2D eigenvalue weighted by atomic mass is 15.0. The maximum atomic E-state index is 5.72. The summed E-state index contributed by atoms with van der Waals surface area (Å²) in [6.45, 7) is 4.35. The quantitative estimate of drug-likeness (QED) is 0.758. The van der Waals surface area contributed by atoms with Crippen LogP contribution in [0.2, 0.25) is 0 Å². The van der Waals surface area contributed by atoms with Crippen LogP contribution in [0.1, 0.15) is 62.8 Å². The van der Waals surface area contributed by atoms with E-state index in [0.29, 0.717) is 17.8 Å². The predicted molar refractivity (Wildman–Crippen MR) is 58.3 cm³/mol. The van der Waals surface area contributed by atoms with Crippen molar-refractivity contribution < 1.29 is 0 Å². The number of rotatable bonds is 2.